The van der Waals surface area contributed by atoms with E-state index in [-0.39, 0.29) is 0 Å². The second kappa shape index (κ2) is 5.21. The molecule has 2 atom stereocenters. The van der Waals surface area contributed by atoms with Gasteiger partial charge in [-0.1, -0.05) is 22.9 Å². The molecule has 1 aliphatic heterocycles. The summed E-state index contributed by atoms with van der Waals surface area (Å²) < 4.78 is 0. The van der Waals surface area contributed by atoms with Crippen molar-refractivity contribution < 1.29 is 0 Å². The highest BCUT2D eigenvalue weighted by atomic mass is 79.9. The second-order valence-electron chi connectivity index (χ2n) is 4.79. The fraction of sp³-hybridized carbons (Fsp3) is 0.667. The molecule has 1 aliphatic rings. The molecule has 4 nitrogen and oxygen atoms in total. The number of halogens is 1. The summed E-state index contributed by atoms with van der Waals surface area (Å²) in [5, 5.41) is 0.996. The molecular formula is C12H19BrN4. The summed E-state index contributed by atoms with van der Waals surface area (Å²) in [5.74, 6) is 2.53. The summed E-state index contributed by atoms with van der Waals surface area (Å²) in [6.07, 6.45) is 3.07. The first kappa shape index (κ1) is 12.6. The summed E-state index contributed by atoms with van der Waals surface area (Å²) >= 11 is 3.61. The summed E-state index contributed by atoms with van der Waals surface area (Å²) in [6.45, 7) is 3.39. The van der Waals surface area contributed by atoms with Crippen molar-refractivity contribution in [2.45, 2.75) is 19.4 Å². The van der Waals surface area contributed by atoms with Crippen LogP contribution in [0.5, 0.6) is 0 Å². The topological polar surface area (TPSA) is 32.3 Å². The number of anilines is 2. The maximum Gasteiger partial charge on any atom is 0.226 e. The highest BCUT2D eigenvalue weighted by Gasteiger charge is 2.31. The standard InChI is InChI=1S/C12H19BrN4/c1-9-5-7-17(10(9)8-13)11-4-6-14-12(15-11)16(2)3/h4,6,9-10H,5,7-8H2,1-3H3. The first-order chi connectivity index (χ1) is 8.13. The number of rotatable bonds is 3. The molecule has 0 amide bonds. The van der Waals surface area contributed by atoms with Crippen molar-refractivity contribution >= 4 is 27.7 Å². The van der Waals surface area contributed by atoms with Gasteiger partial charge in [-0.05, 0) is 18.4 Å². The van der Waals surface area contributed by atoms with E-state index in [4.69, 9.17) is 0 Å². The second-order valence-corrected chi connectivity index (χ2v) is 5.44. The van der Waals surface area contributed by atoms with E-state index in [1.807, 2.05) is 31.3 Å². The molecule has 0 aliphatic carbocycles. The van der Waals surface area contributed by atoms with Gasteiger partial charge in [0, 0.05) is 38.2 Å². The molecule has 94 valence electrons. The van der Waals surface area contributed by atoms with E-state index in [0.29, 0.717) is 12.0 Å². The molecule has 5 heteroatoms. The van der Waals surface area contributed by atoms with Crippen LogP contribution in [0.3, 0.4) is 0 Å². The van der Waals surface area contributed by atoms with Crippen molar-refractivity contribution in [3.63, 3.8) is 0 Å². The molecule has 0 saturated carbocycles. The monoisotopic (exact) mass is 298 g/mol. The maximum atomic E-state index is 4.61. The Morgan fingerprint density at radius 2 is 2.29 bits per heavy atom. The zero-order valence-electron chi connectivity index (χ0n) is 10.6. The Hall–Kier alpha value is -0.840. The van der Waals surface area contributed by atoms with Crippen LogP contribution >= 0.6 is 15.9 Å². The van der Waals surface area contributed by atoms with Gasteiger partial charge >= 0.3 is 0 Å². The van der Waals surface area contributed by atoms with Gasteiger partial charge in [0.15, 0.2) is 0 Å². The van der Waals surface area contributed by atoms with Gasteiger partial charge in [-0.3, -0.25) is 0 Å². The van der Waals surface area contributed by atoms with E-state index in [1.165, 1.54) is 6.42 Å². The predicted molar refractivity (Wildman–Crippen MR) is 75.1 cm³/mol. The van der Waals surface area contributed by atoms with Gasteiger partial charge in [-0.25, -0.2) is 4.98 Å². The van der Waals surface area contributed by atoms with Gasteiger partial charge in [0.2, 0.25) is 5.95 Å². The molecule has 1 fully saturated rings. The lowest BCUT2D eigenvalue weighted by atomic mass is 10.1. The Labute approximate surface area is 111 Å². The highest BCUT2D eigenvalue weighted by molar-refractivity contribution is 9.09. The van der Waals surface area contributed by atoms with Gasteiger partial charge in [-0.2, -0.15) is 4.98 Å². The van der Waals surface area contributed by atoms with Crippen molar-refractivity contribution in [2.24, 2.45) is 5.92 Å². The number of nitrogens with zero attached hydrogens (tertiary/aromatic N) is 4. The van der Waals surface area contributed by atoms with Crippen LogP contribution in [0.15, 0.2) is 12.3 Å². The van der Waals surface area contributed by atoms with Crippen LogP contribution in [-0.4, -0.2) is 42.0 Å². The number of alkyl halides is 1. The molecule has 0 radical (unpaired) electrons. The van der Waals surface area contributed by atoms with Gasteiger partial charge in [0.05, 0.1) is 0 Å². The Balaban J connectivity index is 2.25. The lowest BCUT2D eigenvalue weighted by Gasteiger charge is -2.26. The summed E-state index contributed by atoms with van der Waals surface area (Å²) in [6, 6.07) is 2.54. The summed E-state index contributed by atoms with van der Waals surface area (Å²) in [5.41, 5.74) is 0. The van der Waals surface area contributed by atoms with E-state index in [1.54, 1.807) is 0 Å². The van der Waals surface area contributed by atoms with E-state index < -0.39 is 0 Å². The summed E-state index contributed by atoms with van der Waals surface area (Å²) in [4.78, 5) is 13.2. The third-order valence-corrected chi connectivity index (χ3v) is 4.03. The van der Waals surface area contributed by atoms with E-state index in [2.05, 4.69) is 37.7 Å². The van der Waals surface area contributed by atoms with Crippen molar-refractivity contribution in [2.75, 3.05) is 35.8 Å². The van der Waals surface area contributed by atoms with Crippen LogP contribution in [0, 0.1) is 5.92 Å². The van der Waals surface area contributed by atoms with E-state index in [9.17, 15) is 0 Å². The lowest BCUT2D eigenvalue weighted by molar-refractivity contribution is 0.553. The Bertz CT molecular complexity index is 383. The van der Waals surface area contributed by atoms with Crippen molar-refractivity contribution in [3.05, 3.63) is 12.3 Å². The fourth-order valence-corrected chi connectivity index (χ4v) is 3.23. The van der Waals surface area contributed by atoms with Crippen LogP contribution in [0.25, 0.3) is 0 Å². The van der Waals surface area contributed by atoms with Crippen LogP contribution in [0.4, 0.5) is 11.8 Å². The maximum absolute atomic E-state index is 4.61. The van der Waals surface area contributed by atoms with Gasteiger partial charge in [0.1, 0.15) is 5.82 Å². The van der Waals surface area contributed by atoms with Crippen molar-refractivity contribution in [1.82, 2.24) is 9.97 Å². The Morgan fingerprint density at radius 1 is 1.53 bits per heavy atom. The minimum absolute atomic E-state index is 0.542. The highest BCUT2D eigenvalue weighted by Crippen LogP contribution is 2.29. The molecule has 0 N–H and O–H groups in total. The van der Waals surface area contributed by atoms with Crippen LogP contribution < -0.4 is 9.80 Å². The summed E-state index contributed by atoms with van der Waals surface area (Å²) in [7, 11) is 3.93. The number of hydrogen-bond donors (Lipinski definition) is 0. The molecule has 0 spiro atoms. The van der Waals surface area contributed by atoms with Gasteiger partial charge < -0.3 is 9.80 Å². The zero-order valence-corrected chi connectivity index (χ0v) is 12.2. The molecule has 1 aromatic rings. The SMILES string of the molecule is CC1CCN(c2ccnc(N(C)C)n2)C1CBr. The molecule has 0 aromatic carbocycles. The third kappa shape index (κ3) is 2.54. The van der Waals surface area contributed by atoms with Crippen LogP contribution in [0.2, 0.25) is 0 Å². The average Bonchev–Trinajstić information content (AvgIpc) is 2.70. The smallest absolute Gasteiger partial charge is 0.226 e. The first-order valence-electron chi connectivity index (χ1n) is 5.96. The predicted octanol–water partition coefficient (Wildman–Crippen LogP) is 2.15. The molecule has 17 heavy (non-hydrogen) atoms. The van der Waals surface area contributed by atoms with Crippen molar-refractivity contribution in [1.29, 1.82) is 0 Å². The van der Waals surface area contributed by atoms with Gasteiger partial charge in [-0.15, -0.1) is 0 Å². The molecule has 2 unspecified atom stereocenters. The molecular weight excluding hydrogens is 280 g/mol. The van der Waals surface area contributed by atoms with Crippen LogP contribution in [-0.2, 0) is 0 Å². The normalized spacial score (nSPS) is 24.1. The lowest BCUT2D eigenvalue weighted by Crippen LogP contribution is -2.34. The molecule has 2 heterocycles. The molecule has 1 aromatic heterocycles. The first-order valence-corrected chi connectivity index (χ1v) is 7.08. The third-order valence-electron chi connectivity index (χ3n) is 3.36. The number of aromatic nitrogens is 2. The van der Waals surface area contributed by atoms with Gasteiger partial charge in [0.25, 0.3) is 0 Å². The Kier molecular flexibility index (Phi) is 3.86. The average molecular weight is 299 g/mol. The van der Waals surface area contributed by atoms with Crippen LogP contribution in [0.1, 0.15) is 13.3 Å². The minimum Gasteiger partial charge on any atom is -0.352 e. The quantitative estimate of drug-likeness (QED) is 0.801. The largest absolute Gasteiger partial charge is 0.352 e. The molecule has 2 rings (SSSR count). The Morgan fingerprint density at radius 3 is 2.94 bits per heavy atom. The van der Waals surface area contributed by atoms with E-state index in [0.717, 1.165) is 23.6 Å². The number of hydrogen-bond acceptors (Lipinski definition) is 4. The fourth-order valence-electron chi connectivity index (χ4n) is 2.24. The zero-order chi connectivity index (χ0) is 12.4. The molecule has 0 bridgehead atoms. The minimum atomic E-state index is 0.542. The van der Waals surface area contributed by atoms with E-state index >= 15 is 0 Å². The molecule has 1 saturated heterocycles. The van der Waals surface area contributed by atoms with Crippen molar-refractivity contribution in [3.8, 4) is 0 Å².